The predicted octanol–water partition coefficient (Wildman–Crippen LogP) is 5.22. The fourth-order valence-electron chi connectivity index (χ4n) is 3.07. The molecule has 4 nitrogen and oxygen atoms in total. The van der Waals surface area contributed by atoms with Gasteiger partial charge in [-0.25, -0.2) is 4.98 Å². The smallest absolute Gasteiger partial charge is 0.120 e. The first-order chi connectivity index (χ1) is 13.8. The number of aromatic nitrogens is 2. The Morgan fingerprint density at radius 2 is 1.82 bits per heavy atom. The van der Waals surface area contributed by atoms with Crippen molar-refractivity contribution in [3.63, 3.8) is 0 Å². The van der Waals surface area contributed by atoms with Crippen LogP contribution in [0.25, 0.3) is 17.1 Å². The molecule has 0 aliphatic carbocycles. The van der Waals surface area contributed by atoms with Crippen LogP contribution in [0.5, 0.6) is 5.75 Å². The maximum atomic E-state index is 9.60. The predicted molar refractivity (Wildman–Crippen MR) is 111 cm³/mol. The average Bonchev–Trinajstić information content (AvgIpc) is 3.16. The molecule has 1 aromatic heterocycles. The third kappa shape index (κ3) is 4.11. The topological polar surface area (TPSA) is 50.8 Å². The number of nitrogens with zero attached hydrogens (tertiary/aromatic N) is 3. The molecule has 0 spiro atoms. The molecule has 0 atom stereocenters. The lowest BCUT2D eigenvalue weighted by Crippen LogP contribution is -1.98. The van der Waals surface area contributed by atoms with Crippen LogP contribution in [0.4, 0.5) is 0 Å². The van der Waals surface area contributed by atoms with Gasteiger partial charge in [-0.1, -0.05) is 54.6 Å². The van der Waals surface area contributed by atoms with Gasteiger partial charge in [-0.15, -0.1) is 0 Å². The zero-order valence-electron chi connectivity index (χ0n) is 15.3. The minimum Gasteiger partial charge on any atom is -0.489 e. The average molecular weight is 365 g/mol. The van der Waals surface area contributed by atoms with Gasteiger partial charge in [0.1, 0.15) is 12.4 Å². The maximum Gasteiger partial charge on any atom is 0.120 e. The molecular weight excluding hydrogens is 346 g/mol. The molecule has 0 saturated heterocycles. The van der Waals surface area contributed by atoms with Crippen molar-refractivity contribution in [1.82, 2.24) is 9.55 Å². The minimum atomic E-state index is 0.478. The van der Waals surface area contributed by atoms with Gasteiger partial charge in [0.25, 0.3) is 0 Å². The van der Waals surface area contributed by atoms with E-state index in [0.717, 1.165) is 27.9 Å². The standard InChI is InChI=1S/C24H19N3O/c25-15-21(16-27-18-26-23-11-4-5-12-24(23)27)13-20-9-6-10-22(14-20)28-17-19-7-2-1-3-8-19/h1-14,18H,16-17H2/b21-13-. The second kappa shape index (κ2) is 8.24. The second-order valence-electron chi connectivity index (χ2n) is 6.49. The normalized spacial score (nSPS) is 11.3. The summed E-state index contributed by atoms with van der Waals surface area (Å²) in [5.74, 6) is 0.781. The van der Waals surface area contributed by atoms with Crippen molar-refractivity contribution in [2.75, 3.05) is 0 Å². The fraction of sp³-hybridized carbons (Fsp3) is 0.0833. The number of rotatable bonds is 6. The lowest BCUT2D eigenvalue weighted by molar-refractivity contribution is 0.306. The number of nitriles is 1. The van der Waals surface area contributed by atoms with Gasteiger partial charge >= 0.3 is 0 Å². The highest BCUT2D eigenvalue weighted by molar-refractivity contribution is 5.75. The Labute approximate surface area is 164 Å². The van der Waals surface area contributed by atoms with Crippen LogP contribution in [0.15, 0.2) is 90.8 Å². The molecule has 4 aromatic rings. The summed E-state index contributed by atoms with van der Waals surface area (Å²) < 4.78 is 7.87. The summed E-state index contributed by atoms with van der Waals surface area (Å²) in [6.45, 7) is 0.992. The molecule has 4 heteroatoms. The Kier molecular flexibility index (Phi) is 5.17. The van der Waals surface area contributed by atoms with Crippen molar-refractivity contribution in [3.05, 3.63) is 102 Å². The van der Waals surface area contributed by atoms with Crippen molar-refractivity contribution in [2.45, 2.75) is 13.2 Å². The third-order valence-corrected chi connectivity index (χ3v) is 4.46. The van der Waals surface area contributed by atoms with Gasteiger partial charge in [-0.3, -0.25) is 0 Å². The van der Waals surface area contributed by atoms with Crippen molar-refractivity contribution in [2.24, 2.45) is 0 Å². The van der Waals surface area contributed by atoms with E-state index in [2.05, 4.69) is 11.1 Å². The summed E-state index contributed by atoms with van der Waals surface area (Å²) in [6, 6.07) is 28.1. The number of hydrogen-bond donors (Lipinski definition) is 0. The molecule has 1 heterocycles. The van der Waals surface area contributed by atoms with Crippen LogP contribution in [-0.2, 0) is 13.2 Å². The maximum absolute atomic E-state index is 9.60. The van der Waals surface area contributed by atoms with Crippen LogP contribution in [0, 0.1) is 11.3 Å². The molecule has 0 bridgehead atoms. The number of para-hydroxylation sites is 2. The lowest BCUT2D eigenvalue weighted by Gasteiger charge is -2.07. The van der Waals surface area contributed by atoms with Crippen molar-refractivity contribution in [3.8, 4) is 11.8 Å². The van der Waals surface area contributed by atoms with E-state index >= 15 is 0 Å². The van der Waals surface area contributed by atoms with Crippen LogP contribution in [0.1, 0.15) is 11.1 Å². The third-order valence-electron chi connectivity index (χ3n) is 4.46. The summed E-state index contributed by atoms with van der Waals surface area (Å²) in [5, 5.41) is 9.60. The van der Waals surface area contributed by atoms with Gasteiger partial charge < -0.3 is 9.30 Å². The Hall–Kier alpha value is -3.84. The number of fused-ring (bicyclic) bond motifs is 1. The van der Waals surface area contributed by atoms with Crippen molar-refractivity contribution in [1.29, 1.82) is 5.26 Å². The van der Waals surface area contributed by atoms with Gasteiger partial charge in [0.15, 0.2) is 0 Å². The largest absolute Gasteiger partial charge is 0.489 e. The second-order valence-corrected chi connectivity index (χ2v) is 6.49. The summed E-state index contributed by atoms with van der Waals surface area (Å²) >= 11 is 0. The van der Waals surface area contributed by atoms with Gasteiger partial charge in [0.05, 0.1) is 30.0 Å². The van der Waals surface area contributed by atoms with E-state index in [-0.39, 0.29) is 0 Å². The molecule has 0 unspecified atom stereocenters. The SMILES string of the molecule is N#C/C(=C/c1cccc(OCc2ccccc2)c1)Cn1cnc2ccccc21. The molecule has 0 aliphatic rings. The molecule has 0 N–H and O–H groups in total. The molecule has 0 amide bonds. The molecule has 4 rings (SSSR count). The summed E-state index contributed by atoms with van der Waals surface area (Å²) in [6.07, 6.45) is 3.67. The zero-order chi connectivity index (χ0) is 19.2. The molecule has 28 heavy (non-hydrogen) atoms. The highest BCUT2D eigenvalue weighted by Crippen LogP contribution is 2.19. The molecule has 3 aromatic carbocycles. The number of benzene rings is 3. The summed E-state index contributed by atoms with van der Waals surface area (Å²) in [5.41, 5.74) is 4.66. The van der Waals surface area contributed by atoms with E-state index in [1.165, 1.54) is 0 Å². The van der Waals surface area contributed by atoms with E-state index in [4.69, 9.17) is 4.74 Å². The first-order valence-corrected chi connectivity index (χ1v) is 9.09. The summed E-state index contributed by atoms with van der Waals surface area (Å²) in [7, 11) is 0. The van der Waals surface area contributed by atoms with E-state index in [1.807, 2.05) is 89.5 Å². The number of hydrogen-bond acceptors (Lipinski definition) is 3. The van der Waals surface area contributed by atoms with Crippen LogP contribution in [0.3, 0.4) is 0 Å². The van der Waals surface area contributed by atoms with E-state index < -0.39 is 0 Å². The van der Waals surface area contributed by atoms with Crippen LogP contribution in [0.2, 0.25) is 0 Å². The molecule has 0 saturated carbocycles. The Bertz CT molecular complexity index is 1150. The highest BCUT2D eigenvalue weighted by atomic mass is 16.5. The highest BCUT2D eigenvalue weighted by Gasteiger charge is 2.05. The van der Waals surface area contributed by atoms with Gasteiger partial charge in [-0.05, 0) is 41.5 Å². The zero-order valence-corrected chi connectivity index (χ0v) is 15.3. The van der Waals surface area contributed by atoms with Crippen LogP contribution >= 0.6 is 0 Å². The fourth-order valence-corrected chi connectivity index (χ4v) is 3.07. The molecule has 0 fully saturated rings. The van der Waals surface area contributed by atoms with Gasteiger partial charge in [0, 0.05) is 5.57 Å². The Morgan fingerprint density at radius 3 is 2.68 bits per heavy atom. The van der Waals surface area contributed by atoms with E-state index in [1.54, 1.807) is 6.33 Å². The van der Waals surface area contributed by atoms with Crippen LogP contribution in [-0.4, -0.2) is 9.55 Å². The molecule has 0 radical (unpaired) electrons. The lowest BCUT2D eigenvalue weighted by atomic mass is 10.1. The van der Waals surface area contributed by atoms with E-state index in [9.17, 15) is 5.26 Å². The van der Waals surface area contributed by atoms with Crippen molar-refractivity contribution >= 4 is 17.1 Å². The first-order valence-electron chi connectivity index (χ1n) is 9.09. The Morgan fingerprint density at radius 1 is 1.00 bits per heavy atom. The first kappa shape index (κ1) is 17.6. The molecular formula is C24H19N3O. The number of allylic oxidation sites excluding steroid dienone is 1. The monoisotopic (exact) mass is 365 g/mol. The van der Waals surface area contributed by atoms with Gasteiger partial charge in [0.2, 0.25) is 0 Å². The van der Waals surface area contributed by atoms with Crippen molar-refractivity contribution < 1.29 is 4.74 Å². The number of imidazole rings is 1. The van der Waals surface area contributed by atoms with Gasteiger partial charge in [-0.2, -0.15) is 5.26 Å². The quantitative estimate of drug-likeness (QED) is 0.440. The molecule has 0 aliphatic heterocycles. The number of ether oxygens (including phenoxy) is 1. The Balaban J connectivity index is 1.51. The summed E-state index contributed by atoms with van der Waals surface area (Å²) in [4.78, 5) is 4.39. The minimum absolute atomic E-state index is 0.478. The van der Waals surface area contributed by atoms with E-state index in [0.29, 0.717) is 18.7 Å². The molecule has 136 valence electrons. The van der Waals surface area contributed by atoms with Crippen LogP contribution < -0.4 is 4.74 Å².